The molecule has 5 heteroatoms. The first-order chi connectivity index (χ1) is 11.3. The number of carbonyl (C=O) groups excluding carboxylic acids is 1. The minimum Gasteiger partial charge on any atom is -0.383 e. The number of pyridine rings is 1. The Kier molecular flexibility index (Phi) is 5.64. The second kappa shape index (κ2) is 8.11. The number of anilines is 1. The van der Waals surface area contributed by atoms with Crippen LogP contribution in [-0.4, -0.2) is 48.6 Å². The number of nitrogens with one attached hydrogen (secondary N) is 1. The molecule has 1 aliphatic heterocycles. The number of amides is 1. The predicted molar refractivity (Wildman–Crippen MR) is 90.6 cm³/mol. The van der Waals surface area contributed by atoms with Crippen molar-refractivity contribution in [2.75, 3.05) is 38.2 Å². The first kappa shape index (κ1) is 16.0. The Labute approximate surface area is 137 Å². The van der Waals surface area contributed by atoms with Crippen LogP contribution in [0.25, 0.3) is 0 Å². The van der Waals surface area contributed by atoms with Crippen LogP contribution in [-0.2, 0) is 4.74 Å². The molecule has 23 heavy (non-hydrogen) atoms. The molecule has 1 N–H and O–H groups in total. The smallest absolute Gasteiger partial charge is 0.255 e. The van der Waals surface area contributed by atoms with Gasteiger partial charge in [-0.3, -0.25) is 9.78 Å². The Morgan fingerprint density at radius 2 is 2.13 bits per heavy atom. The van der Waals surface area contributed by atoms with Crippen molar-refractivity contribution in [1.29, 1.82) is 0 Å². The van der Waals surface area contributed by atoms with Gasteiger partial charge >= 0.3 is 0 Å². The summed E-state index contributed by atoms with van der Waals surface area (Å²) in [5.74, 6) is 0.0411. The third-order valence-corrected chi connectivity index (χ3v) is 4.44. The van der Waals surface area contributed by atoms with Crippen LogP contribution in [0.3, 0.4) is 0 Å². The lowest BCUT2D eigenvalue weighted by molar-refractivity contribution is 0.0302. The van der Waals surface area contributed by atoms with Crippen molar-refractivity contribution in [2.45, 2.75) is 32.1 Å². The Morgan fingerprint density at radius 3 is 2.91 bits per heavy atom. The van der Waals surface area contributed by atoms with Crippen molar-refractivity contribution < 1.29 is 9.53 Å². The van der Waals surface area contributed by atoms with Gasteiger partial charge in [0.2, 0.25) is 0 Å². The largest absolute Gasteiger partial charge is 0.383 e. The lowest BCUT2D eigenvalue weighted by Gasteiger charge is -2.26. The zero-order valence-corrected chi connectivity index (χ0v) is 13.6. The van der Waals surface area contributed by atoms with Crippen LogP contribution < -0.4 is 5.32 Å². The maximum absolute atomic E-state index is 12.5. The minimum atomic E-state index is 0.0411. The third-order valence-electron chi connectivity index (χ3n) is 4.44. The van der Waals surface area contributed by atoms with E-state index < -0.39 is 0 Å². The van der Waals surface area contributed by atoms with Gasteiger partial charge in [-0.25, -0.2) is 0 Å². The monoisotopic (exact) mass is 315 g/mol. The molecule has 0 spiro atoms. The summed E-state index contributed by atoms with van der Waals surface area (Å²) in [6, 6.07) is 1.90. The first-order valence-electron chi connectivity index (χ1n) is 8.57. The van der Waals surface area contributed by atoms with E-state index in [2.05, 4.69) is 16.4 Å². The fourth-order valence-electron chi connectivity index (χ4n) is 3.10. The molecule has 1 fully saturated rings. The number of nitrogens with zero attached hydrogens (tertiary/aromatic N) is 2. The predicted octanol–water partition coefficient (Wildman–Crippen LogP) is 2.86. The van der Waals surface area contributed by atoms with E-state index in [0.29, 0.717) is 31.9 Å². The van der Waals surface area contributed by atoms with Gasteiger partial charge in [-0.2, -0.15) is 0 Å². The summed E-state index contributed by atoms with van der Waals surface area (Å²) in [4.78, 5) is 18.5. The number of hydrogen-bond acceptors (Lipinski definition) is 4. The van der Waals surface area contributed by atoms with Gasteiger partial charge < -0.3 is 15.0 Å². The summed E-state index contributed by atoms with van der Waals surface area (Å²) >= 11 is 0. The maximum atomic E-state index is 12.5. The molecule has 0 bridgehead atoms. The van der Waals surface area contributed by atoms with Crippen molar-refractivity contribution in [2.24, 2.45) is 0 Å². The molecule has 0 radical (unpaired) electrons. The summed E-state index contributed by atoms with van der Waals surface area (Å²) in [6.07, 6.45) is 12.0. The number of carbonyl (C=O) groups is 1. The molecular formula is C18H25N3O2. The van der Waals surface area contributed by atoms with Crippen LogP contribution in [0.15, 0.2) is 30.1 Å². The highest BCUT2D eigenvalue weighted by atomic mass is 16.5. The average molecular weight is 315 g/mol. The van der Waals surface area contributed by atoms with Gasteiger partial charge in [-0.05, 0) is 38.2 Å². The Morgan fingerprint density at radius 1 is 1.26 bits per heavy atom. The Bertz CT molecular complexity index is 565. The normalized spacial score (nSPS) is 18.4. The molecule has 2 heterocycles. The van der Waals surface area contributed by atoms with Crippen LogP contribution >= 0.6 is 0 Å². The zero-order chi connectivity index (χ0) is 15.9. The van der Waals surface area contributed by atoms with Crippen molar-refractivity contribution in [3.63, 3.8) is 0 Å². The molecule has 0 saturated carbocycles. The highest BCUT2D eigenvalue weighted by Gasteiger charge is 2.18. The van der Waals surface area contributed by atoms with Gasteiger partial charge in [0.05, 0.1) is 24.5 Å². The number of hydrogen-bond donors (Lipinski definition) is 1. The van der Waals surface area contributed by atoms with Gasteiger partial charge in [-0.15, -0.1) is 0 Å². The summed E-state index contributed by atoms with van der Waals surface area (Å²) < 4.78 is 5.29. The molecule has 1 saturated heterocycles. The van der Waals surface area contributed by atoms with Gasteiger partial charge in [0.25, 0.3) is 5.91 Å². The molecule has 0 unspecified atom stereocenters. The molecule has 1 aromatic heterocycles. The molecular weight excluding hydrogens is 290 g/mol. The SMILES string of the molecule is O=C(c1cncc(NCCC2=CCCCC2)c1)N1CCOCC1. The molecule has 1 aliphatic carbocycles. The van der Waals surface area contributed by atoms with Gasteiger partial charge in [0.1, 0.15) is 0 Å². The van der Waals surface area contributed by atoms with Crippen LogP contribution in [0, 0.1) is 0 Å². The number of allylic oxidation sites excluding steroid dienone is 1. The van der Waals surface area contributed by atoms with E-state index in [1.54, 1.807) is 18.0 Å². The van der Waals surface area contributed by atoms with E-state index in [4.69, 9.17) is 4.74 Å². The van der Waals surface area contributed by atoms with Gasteiger partial charge in [-0.1, -0.05) is 11.6 Å². The van der Waals surface area contributed by atoms with Gasteiger partial charge in [0, 0.05) is 32.0 Å². The molecule has 124 valence electrons. The lowest BCUT2D eigenvalue weighted by atomic mass is 9.97. The zero-order valence-electron chi connectivity index (χ0n) is 13.6. The van der Waals surface area contributed by atoms with Crippen molar-refractivity contribution >= 4 is 11.6 Å². The summed E-state index contributed by atoms with van der Waals surface area (Å²) in [7, 11) is 0. The third kappa shape index (κ3) is 4.55. The van der Waals surface area contributed by atoms with Crippen molar-refractivity contribution in [3.8, 4) is 0 Å². The molecule has 1 aromatic rings. The highest BCUT2D eigenvalue weighted by molar-refractivity contribution is 5.94. The Hall–Kier alpha value is -1.88. The quantitative estimate of drug-likeness (QED) is 0.849. The van der Waals surface area contributed by atoms with Crippen LogP contribution in [0.4, 0.5) is 5.69 Å². The summed E-state index contributed by atoms with van der Waals surface area (Å²) in [5.41, 5.74) is 3.12. The maximum Gasteiger partial charge on any atom is 0.255 e. The molecule has 5 nitrogen and oxygen atoms in total. The summed E-state index contributed by atoms with van der Waals surface area (Å²) in [5, 5.41) is 3.39. The van der Waals surface area contributed by atoms with Crippen molar-refractivity contribution in [1.82, 2.24) is 9.88 Å². The second-order valence-corrected chi connectivity index (χ2v) is 6.15. The van der Waals surface area contributed by atoms with E-state index in [0.717, 1.165) is 18.7 Å². The molecule has 0 aromatic carbocycles. The Balaban J connectivity index is 1.54. The second-order valence-electron chi connectivity index (χ2n) is 6.15. The topological polar surface area (TPSA) is 54.5 Å². The van der Waals surface area contributed by atoms with Crippen molar-refractivity contribution in [3.05, 3.63) is 35.7 Å². The molecule has 3 rings (SSSR count). The lowest BCUT2D eigenvalue weighted by Crippen LogP contribution is -2.40. The van der Waals surface area contributed by atoms with E-state index in [-0.39, 0.29) is 5.91 Å². The number of aromatic nitrogens is 1. The average Bonchev–Trinajstić information content (AvgIpc) is 2.63. The van der Waals surface area contributed by atoms with Gasteiger partial charge in [0.15, 0.2) is 0 Å². The number of ether oxygens (including phenoxy) is 1. The molecule has 1 amide bonds. The van der Waals surface area contributed by atoms with E-state index >= 15 is 0 Å². The van der Waals surface area contributed by atoms with Crippen LogP contribution in [0.2, 0.25) is 0 Å². The minimum absolute atomic E-state index is 0.0411. The number of morpholine rings is 1. The molecule has 2 aliphatic rings. The molecule has 0 atom stereocenters. The first-order valence-corrected chi connectivity index (χ1v) is 8.57. The standard InChI is InChI=1S/C18H25N3O2/c22-18(21-8-10-23-11-9-21)16-12-17(14-19-13-16)20-7-6-15-4-2-1-3-5-15/h4,12-14,20H,1-3,5-11H2. The summed E-state index contributed by atoms with van der Waals surface area (Å²) in [6.45, 7) is 3.44. The van der Waals surface area contributed by atoms with Crippen LogP contribution in [0.5, 0.6) is 0 Å². The van der Waals surface area contributed by atoms with E-state index in [1.807, 2.05) is 11.0 Å². The van der Waals surface area contributed by atoms with Crippen LogP contribution in [0.1, 0.15) is 42.5 Å². The fourth-order valence-corrected chi connectivity index (χ4v) is 3.10. The van der Waals surface area contributed by atoms with E-state index in [1.165, 1.54) is 25.7 Å². The number of rotatable bonds is 5. The highest BCUT2D eigenvalue weighted by Crippen LogP contribution is 2.20. The fraction of sp³-hybridized carbons (Fsp3) is 0.556. The van der Waals surface area contributed by atoms with E-state index in [9.17, 15) is 4.79 Å².